The largest absolute Gasteiger partial charge is 0.0984 e. The van der Waals surface area contributed by atoms with E-state index in [1.54, 1.807) is 6.08 Å². The first kappa shape index (κ1) is 8.05. The zero-order chi connectivity index (χ0) is 6.78. The smallest absolute Gasteiger partial charge is 0.0914 e. The predicted molar refractivity (Wildman–Crippen MR) is 46.1 cm³/mol. The highest BCUT2D eigenvalue weighted by Gasteiger charge is 2.15. The van der Waals surface area contributed by atoms with E-state index in [4.69, 9.17) is 12.2 Å². The second-order valence-corrected chi connectivity index (χ2v) is 8.66. The van der Waals surface area contributed by atoms with E-state index in [-0.39, 0.29) is 0 Å². The molecule has 0 rings (SSSR count). The quantitative estimate of drug-likeness (QED) is 0.326. The van der Waals surface area contributed by atoms with Crippen molar-refractivity contribution in [3.05, 3.63) is 12.7 Å². The maximum atomic E-state index is 5.04. The second-order valence-electron chi connectivity index (χ2n) is 2.82. The molecule has 0 amide bonds. The van der Waals surface area contributed by atoms with E-state index in [1.165, 1.54) is 0 Å². The fraction of sp³-hybridized carbons (Fsp3) is 0.500. The van der Waals surface area contributed by atoms with Crippen molar-refractivity contribution in [2.75, 3.05) is 0 Å². The van der Waals surface area contributed by atoms with Crippen LogP contribution in [0, 0.1) is 0 Å². The molecule has 0 aliphatic heterocycles. The summed E-state index contributed by atoms with van der Waals surface area (Å²) in [5.41, 5.74) is 0. The molecule has 0 aromatic heterocycles. The highest BCUT2D eigenvalue weighted by Crippen LogP contribution is 2.03. The van der Waals surface area contributed by atoms with Gasteiger partial charge in [0.15, 0.2) is 0 Å². The lowest BCUT2D eigenvalue weighted by atomic mass is 10.8. The van der Waals surface area contributed by atoms with Crippen LogP contribution in [0.3, 0.4) is 0 Å². The molecule has 0 atom stereocenters. The minimum atomic E-state index is -1.15. The van der Waals surface area contributed by atoms with Gasteiger partial charge in [-0.1, -0.05) is 44.5 Å². The zero-order valence-corrected chi connectivity index (χ0v) is 7.51. The van der Waals surface area contributed by atoms with Gasteiger partial charge in [0.25, 0.3) is 0 Å². The summed E-state index contributed by atoms with van der Waals surface area (Å²) < 4.78 is 1.07. The molecular formula is C6H12SSi. The Balaban J connectivity index is 4.02. The third kappa shape index (κ3) is 2.38. The molecule has 0 aliphatic carbocycles. The van der Waals surface area contributed by atoms with Gasteiger partial charge in [-0.2, -0.15) is 0 Å². The Morgan fingerprint density at radius 3 is 1.88 bits per heavy atom. The lowest BCUT2D eigenvalue weighted by Crippen LogP contribution is -2.29. The van der Waals surface area contributed by atoms with Gasteiger partial charge in [0, 0.05) is 0 Å². The first-order chi connectivity index (χ1) is 3.48. The molecule has 0 radical (unpaired) electrons. The van der Waals surface area contributed by atoms with Gasteiger partial charge in [-0.25, -0.2) is 0 Å². The van der Waals surface area contributed by atoms with Crippen molar-refractivity contribution >= 4 is 24.8 Å². The van der Waals surface area contributed by atoms with Gasteiger partial charge in [-0.3, -0.25) is 0 Å². The summed E-state index contributed by atoms with van der Waals surface area (Å²) in [5.74, 6) is 0. The third-order valence-electron chi connectivity index (χ3n) is 0.925. The molecule has 0 N–H and O–H groups in total. The van der Waals surface area contributed by atoms with Crippen LogP contribution in [0.5, 0.6) is 0 Å². The summed E-state index contributed by atoms with van der Waals surface area (Å²) in [4.78, 5) is 0. The van der Waals surface area contributed by atoms with E-state index in [2.05, 4.69) is 26.2 Å². The molecular weight excluding hydrogens is 132 g/mol. The van der Waals surface area contributed by atoms with Crippen molar-refractivity contribution in [3.8, 4) is 0 Å². The number of thiocarbonyl (C=S) groups is 1. The van der Waals surface area contributed by atoms with Gasteiger partial charge in [-0.15, -0.1) is 0 Å². The molecule has 0 nitrogen and oxygen atoms in total. The Hall–Kier alpha value is 0.0469. The molecule has 0 aromatic carbocycles. The van der Waals surface area contributed by atoms with Crippen LogP contribution in [-0.2, 0) is 0 Å². The van der Waals surface area contributed by atoms with Gasteiger partial charge < -0.3 is 0 Å². The summed E-state index contributed by atoms with van der Waals surface area (Å²) in [6.07, 6.45) is 1.79. The van der Waals surface area contributed by atoms with Gasteiger partial charge in [-0.05, 0) is 4.49 Å². The average molecular weight is 144 g/mol. The summed E-state index contributed by atoms with van der Waals surface area (Å²) in [5, 5.41) is 0. The minimum absolute atomic E-state index is 1.07. The van der Waals surface area contributed by atoms with Crippen molar-refractivity contribution in [1.82, 2.24) is 0 Å². The van der Waals surface area contributed by atoms with Crippen molar-refractivity contribution in [1.29, 1.82) is 0 Å². The van der Waals surface area contributed by atoms with E-state index < -0.39 is 8.07 Å². The molecule has 0 unspecified atom stereocenters. The number of allylic oxidation sites excluding steroid dienone is 1. The second kappa shape index (κ2) is 2.55. The average Bonchev–Trinajstić information content (AvgIpc) is 1.62. The van der Waals surface area contributed by atoms with E-state index >= 15 is 0 Å². The molecule has 0 bridgehead atoms. The van der Waals surface area contributed by atoms with E-state index in [9.17, 15) is 0 Å². The molecule has 0 aromatic rings. The molecule has 0 fully saturated rings. The van der Waals surface area contributed by atoms with Crippen LogP contribution in [0.1, 0.15) is 0 Å². The Bertz CT molecular complexity index is 110. The Kier molecular flexibility index (Phi) is 2.57. The predicted octanol–water partition coefficient (Wildman–Crippen LogP) is 2.42. The fourth-order valence-electron chi connectivity index (χ4n) is 0.306. The molecule has 8 heavy (non-hydrogen) atoms. The van der Waals surface area contributed by atoms with Crippen molar-refractivity contribution in [3.63, 3.8) is 0 Å². The SMILES string of the molecule is C=CC(=S)[Si](C)(C)C. The Morgan fingerprint density at radius 2 is 1.88 bits per heavy atom. The summed E-state index contributed by atoms with van der Waals surface area (Å²) in [7, 11) is -1.15. The zero-order valence-electron chi connectivity index (χ0n) is 5.69. The normalized spacial score (nSPS) is 10.9. The first-order valence-corrected chi connectivity index (χ1v) is 6.56. The van der Waals surface area contributed by atoms with Gasteiger partial charge >= 0.3 is 0 Å². The minimum Gasteiger partial charge on any atom is -0.0984 e. The van der Waals surface area contributed by atoms with E-state index in [1.807, 2.05) is 0 Å². The monoisotopic (exact) mass is 144 g/mol. The molecule has 0 saturated carbocycles. The Labute approximate surface area is 57.6 Å². The van der Waals surface area contributed by atoms with Crippen LogP contribution in [-0.4, -0.2) is 12.6 Å². The highest BCUT2D eigenvalue weighted by atomic mass is 32.1. The summed E-state index contributed by atoms with van der Waals surface area (Å²) >= 11 is 5.04. The van der Waals surface area contributed by atoms with Crippen LogP contribution in [0.15, 0.2) is 12.7 Å². The lowest BCUT2D eigenvalue weighted by Gasteiger charge is -2.12. The number of hydrogen-bond acceptors (Lipinski definition) is 1. The first-order valence-electron chi connectivity index (χ1n) is 2.65. The standard InChI is InChI=1S/C6H12SSi/c1-5-6(7)8(2,3)4/h5H,1H2,2-4H3. The van der Waals surface area contributed by atoms with Crippen LogP contribution < -0.4 is 0 Å². The number of hydrogen-bond donors (Lipinski definition) is 0. The van der Waals surface area contributed by atoms with Crippen LogP contribution in [0.2, 0.25) is 19.6 Å². The van der Waals surface area contributed by atoms with Crippen LogP contribution >= 0.6 is 12.2 Å². The van der Waals surface area contributed by atoms with E-state index in [0.29, 0.717) is 0 Å². The van der Waals surface area contributed by atoms with Gasteiger partial charge in [0.05, 0.1) is 8.07 Å². The highest BCUT2D eigenvalue weighted by molar-refractivity contribution is 7.85. The molecule has 0 aliphatic rings. The Morgan fingerprint density at radius 1 is 1.50 bits per heavy atom. The van der Waals surface area contributed by atoms with Crippen LogP contribution in [0.4, 0.5) is 0 Å². The van der Waals surface area contributed by atoms with E-state index in [0.717, 1.165) is 4.49 Å². The molecule has 0 saturated heterocycles. The third-order valence-corrected chi connectivity index (χ3v) is 4.61. The van der Waals surface area contributed by atoms with Crippen molar-refractivity contribution in [2.24, 2.45) is 0 Å². The molecule has 46 valence electrons. The lowest BCUT2D eigenvalue weighted by molar-refractivity contribution is 1.84. The molecule has 2 heteroatoms. The topological polar surface area (TPSA) is 0 Å². The maximum Gasteiger partial charge on any atom is 0.0914 e. The van der Waals surface area contributed by atoms with Gasteiger partial charge in [0.2, 0.25) is 0 Å². The van der Waals surface area contributed by atoms with Crippen molar-refractivity contribution in [2.45, 2.75) is 19.6 Å². The number of rotatable bonds is 2. The molecule has 0 heterocycles. The van der Waals surface area contributed by atoms with Crippen molar-refractivity contribution < 1.29 is 0 Å². The fourth-order valence-corrected chi connectivity index (χ4v) is 0.919. The molecule has 0 spiro atoms. The maximum absolute atomic E-state index is 5.04. The summed E-state index contributed by atoms with van der Waals surface area (Å²) in [6.45, 7) is 10.3. The summed E-state index contributed by atoms with van der Waals surface area (Å²) in [6, 6.07) is 0. The van der Waals surface area contributed by atoms with Gasteiger partial charge in [0.1, 0.15) is 0 Å². The van der Waals surface area contributed by atoms with Crippen LogP contribution in [0.25, 0.3) is 0 Å².